The van der Waals surface area contributed by atoms with Crippen LogP contribution in [0.5, 0.6) is 11.5 Å². The van der Waals surface area contributed by atoms with Gasteiger partial charge in [0.1, 0.15) is 24.2 Å². The highest BCUT2D eigenvalue weighted by molar-refractivity contribution is 5.92. The van der Waals surface area contributed by atoms with Crippen LogP contribution in [0.15, 0.2) is 36.4 Å². The molecule has 0 aromatic heterocycles. The molecule has 2 aromatic rings. The fourth-order valence-electron chi connectivity index (χ4n) is 2.01. The summed E-state index contributed by atoms with van der Waals surface area (Å²) in [6.45, 7) is 4.77. The van der Waals surface area contributed by atoms with Gasteiger partial charge >= 0.3 is 0 Å². The van der Waals surface area contributed by atoms with Crippen molar-refractivity contribution in [1.82, 2.24) is 5.32 Å². The fraction of sp³-hybridized carbons (Fsp3) is 0.375. The van der Waals surface area contributed by atoms with Gasteiger partial charge in [0.05, 0.1) is 0 Å². The average molecular weight is 275 g/mol. The van der Waals surface area contributed by atoms with Crippen LogP contribution in [0.3, 0.4) is 0 Å². The molecule has 0 fully saturated rings. The second kappa shape index (κ2) is 6.59. The van der Waals surface area contributed by atoms with E-state index in [4.69, 9.17) is 4.74 Å². The Morgan fingerprint density at radius 2 is 1.80 bits per heavy atom. The van der Waals surface area contributed by atoms with E-state index in [-0.39, 0.29) is 12.4 Å². The second-order valence-electron chi connectivity index (χ2n) is 5.16. The number of ether oxygens (including phenoxy) is 1. The fourth-order valence-corrected chi connectivity index (χ4v) is 2.01. The van der Waals surface area contributed by atoms with Gasteiger partial charge in [0.2, 0.25) is 0 Å². The summed E-state index contributed by atoms with van der Waals surface area (Å²) in [5, 5.41) is 24.4. The van der Waals surface area contributed by atoms with Gasteiger partial charge in [0.15, 0.2) is 0 Å². The molecule has 1 atom stereocenters. The molecule has 4 nitrogen and oxygen atoms in total. The van der Waals surface area contributed by atoms with Crippen LogP contribution in [0.4, 0.5) is 0 Å². The van der Waals surface area contributed by atoms with Crippen molar-refractivity contribution in [2.75, 3.05) is 13.2 Å². The molecular formula is C16H21NO3. The molecule has 0 aliphatic rings. The van der Waals surface area contributed by atoms with Crippen LogP contribution >= 0.6 is 0 Å². The number of hydrogen-bond acceptors (Lipinski definition) is 4. The lowest BCUT2D eigenvalue weighted by molar-refractivity contribution is 0.105. The van der Waals surface area contributed by atoms with Gasteiger partial charge in [0, 0.05) is 23.4 Å². The maximum absolute atomic E-state index is 9.85. The van der Waals surface area contributed by atoms with Gasteiger partial charge in [-0.2, -0.15) is 0 Å². The highest BCUT2D eigenvalue weighted by Crippen LogP contribution is 2.31. The molecule has 2 aromatic carbocycles. The van der Waals surface area contributed by atoms with Crippen LogP contribution in [-0.2, 0) is 0 Å². The number of nitrogens with one attached hydrogen (secondary N) is 1. The maximum Gasteiger partial charge on any atom is 0.127 e. The first-order chi connectivity index (χ1) is 9.58. The first-order valence-corrected chi connectivity index (χ1v) is 6.83. The first-order valence-electron chi connectivity index (χ1n) is 6.83. The van der Waals surface area contributed by atoms with Crippen molar-refractivity contribution in [2.24, 2.45) is 0 Å². The van der Waals surface area contributed by atoms with Gasteiger partial charge < -0.3 is 20.3 Å². The van der Waals surface area contributed by atoms with Crippen molar-refractivity contribution in [3.8, 4) is 11.5 Å². The van der Waals surface area contributed by atoms with Gasteiger partial charge in [-0.25, -0.2) is 0 Å². The van der Waals surface area contributed by atoms with Crippen LogP contribution in [0.1, 0.15) is 13.8 Å². The zero-order valence-corrected chi connectivity index (χ0v) is 11.8. The zero-order chi connectivity index (χ0) is 14.5. The maximum atomic E-state index is 9.85. The molecule has 0 aliphatic heterocycles. The summed E-state index contributed by atoms with van der Waals surface area (Å²) in [6.07, 6.45) is -0.565. The SMILES string of the molecule is CC(C)NC[C@H](O)COc1cccc2c(O)cccc12. The minimum Gasteiger partial charge on any atom is -0.507 e. The van der Waals surface area contributed by atoms with E-state index in [0.717, 1.165) is 10.8 Å². The predicted octanol–water partition coefficient (Wildman–Crippen LogP) is 2.28. The summed E-state index contributed by atoms with van der Waals surface area (Å²) in [6, 6.07) is 11.2. The smallest absolute Gasteiger partial charge is 0.127 e. The molecule has 4 heteroatoms. The Balaban J connectivity index is 2.05. The van der Waals surface area contributed by atoms with Crippen molar-refractivity contribution in [3.05, 3.63) is 36.4 Å². The van der Waals surface area contributed by atoms with Crippen LogP contribution in [0.2, 0.25) is 0 Å². The monoisotopic (exact) mass is 275 g/mol. The van der Waals surface area contributed by atoms with Gasteiger partial charge in [-0.1, -0.05) is 38.1 Å². The molecule has 0 saturated carbocycles. The summed E-state index contributed by atoms with van der Waals surface area (Å²) in [5.41, 5.74) is 0. The Bertz CT molecular complexity index is 569. The van der Waals surface area contributed by atoms with E-state index in [1.807, 2.05) is 38.1 Å². The van der Waals surface area contributed by atoms with Gasteiger partial charge in [-0.05, 0) is 12.1 Å². The van der Waals surface area contributed by atoms with E-state index in [1.54, 1.807) is 12.1 Å². The Hall–Kier alpha value is -1.78. The van der Waals surface area contributed by atoms with Crippen molar-refractivity contribution in [1.29, 1.82) is 0 Å². The molecular weight excluding hydrogens is 254 g/mol. The van der Waals surface area contributed by atoms with E-state index in [1.165, 1.54) is 0 Å². The lowest BCUT2D eigenvalue weighted by Crippen LogP contribution is -2.35. The van der Waals surface area contributed by atoms with Crippen LogP contribution in [-0.4, -0.2) is 35.5 Å². The molecule has 108 valence electrons. The van der Waals surface area contributed by atoms with Crippen LogP contribution in [0.25, 0.3) is 10.8 Å². The highest BCUT2D eigenvalue weighted by Gasteiger charge is 2.09. The molecule has 0 spiro atoms. The van der Waals surface area contributed by atoms with E-state index in [0.29, 0.717) is 18.3 Å². The number of rotatable bonds is 6. The third-order valence-corrected chi connectivity index (χ3v) is 3.05. The van der Waals surface area contributed by atoms with E-state index in [2.05, 4.69) is 5.32 Å². The van der Waals surface area contributed by atoms with Gasteiger partial charge in [-0.15, -0.1) is 0 Å². The number of fused-ring (bicyclic) bond motifs is 1. The van der Waals surface area contributed by atoms with Crippen molar-refractivity contribution in [3.63, 3.8) is 0 Å². The Labute approximate surface area is 119 Å². The number of benzene rings is 2. The molecule has 2 rings (SSSR count). The van der Waals surface area contributed by atoms with Gasteiger partial charge in [0.25, 0.3) is 0 Å². The third-order valence-electron chi connectivity index (χ3n) is 3.05. The molecule has 3 N–H and O–H groups in total. The van der Waals surface area contributed by atoms with Crippen molar-refractivity contribution < 1.29 is 14.9 Å². The summed E-state index contributed by atoms with van der Waals surface area (Å²) in [4.78, 5) is 0. The lowest BCUT2D eigenvalue weighted by atomic mass is 10.1. The minimum atomic E-state index is -0.565. The first kappa shape index (κ1) is 14.6. The van der Waals surface area contributed by atoms with Crippen LogP contribution < -0.4 is 10.1 Å². The highest BCUT2D eigenvalue weighted by atomic mass is 16.5. The Kier molecular flexibility index (Phi) is 4.82. The normalized spacial score (nSPS) is 12.8. The number of aliphatic hydroxyl groups excluding tert-OH is 1. The summed E-state index contributed by atoms with van der Waals surface area (Å²) in [7, 11) is 0. The summed E-state index contributed by atoms with van der Waals surface area (Å²) >= 11 is 0. The molecule has 0 heterocycles. The summed E-state index contributed by atoms with van der Waals surface area (Å²) < 4.78 is 5.67. The minimum absolute atomic E-state index is 0.217. The standard InChI is InChI=1S/C16H21NO3/c1-11(2)17-9-12(18)10-20-16-8-4-5-13-14(16)6-3-7-15(13)19/h3-8,11-12,17-19H,9-10H2,1-2H3/t12-/m0/s1. The molecule has 20 heavy (non-hydrogen) atoms. The van der Waals surface area contributed by atoms with Crippen molar-refractivity contribution >= 4 is 10.8 Å². The van der Waals surface area contributed by atoms with Crippen molar-refractivity contribution in [2.45, 2.75) is 26.0 Å². The molecule has 0 unspecified atom stereocenters. The molecule has 0 aliphatic carbocycles. The Morgan fingerprint density at radius 1 is 1.10 bits per heavy atom. The molecule has 0 bridgehead atoms. The largest absolute Gasteiger partial charge is 0.507 e. The number of hydrogen-bond donors (Lipinski definition) is 3. The third kappa shape index (κ3) is 3.62. The number of phenols is 1. The molecule has 0 radical (unpaired) electrons. The topological polar surface area (TPSA) is 61.7 Å². The molecule has 0 saturated heterocycles. The van der Waals surface area contributed by atoms with E-state index < -0.39 is 6.10 Å². The quantitative estimate of drug-likeness (QED) is 0.757. The number of phenolic OH excluding ortho intramolecular Hbond substituents is 1. The van der Waals surface area contributed by atoms with E-state index >= 15 is 0 Å². The Morgan fingerprint density at radius 3 is 2.55 bits per heavy atom. The summed E-state index contributed by atoms with van der Waals surface area (Å²) in [5.74, 6) is 0.900. The molecule has 0 amide bonds. The van der Waals surface area contributed by atoms with Gasteiger partial charge in [-0.3, -0.25) is 0 Å². The number of aliphatic hydroxyl groups is 1. The van der Waals surface area contributed by atoms with Crippen LogP contribution in [0, 0.1) is 0 Å². The average Bonchev–Trinajstić information content (AvgIpc) is 2.43. The second-order valence-corrected chi connectivity index (χ2v) is 5.16. The van der Waals surface area contributed by atoms with E-state index in [9.17, 15) is 10.2 Å². The zero-order valence-electron chi connectivity index (χ0n) is 11.8. The number of aromatic hydroxyl groups is 1. The predicted molar refractivity (Wildman–Crippen MR) is 80.3 cm³/mol. The lowest BCUT2D eigenvalue weighted by Gasteiger charge is -2.16.